The van der Waals surface area contributed by atoms with Gasteiger partial charge in [-0.3, -0.25) is 0 Å². The third-order valence-electron chi connectivity index (χ3n) is 2.70. The van der Waals surface area contributed by atoms with E-state index in [4.69, 9.17) is 21.0 Å². The molecule has 6 nitrogen and oxygen atoms in total. The van der Waals surface area contributed by atoms with Crippen molar-refractivity contribution in [2.75, 3.05) is 12.8 Å². The lowest BCUT2D eigenvalue weighted by Gasteiger charge is -2.10. The number of hydrogen-bond acceptors (Lipinski definition) is 5. The van der Waals surface area contributed by atoms with Crippen LogP contribution < -0.4 is 10.5 Å². The van der Waals surface area contributed by atoms with Gasteiger partial charge in [0.1, 0.15) is 17.9 Å². The van der Waals surface area contributed by atoms with Crippen LogP contribution >= 0.6 is 0 Å². The van der Waals surface area contributed by atoms with Gasteiger partial charge in [0.15, 0.2) is 11.4 Å². The highest BCUT2D eigenvalue weighted by atomic mass is 16.5. The zero-order chi connectivity index (χ0) is 13.8. The molecule has 0 aliphatic heterocycles. The number of imidazole rings is 1. The Morgan fingerprint density at radius 1 is 1.37 bits per heavy atom. The van der Waals surface area contributed by atoms with Gasteiger partial charge in [0, 0.05) is 17.3 Å². The Labute approximate surface area is 110 Å². The third kappa shape index (κ3) is 2.33. The van der Waals surface area contributed by atoms with Crippen molar-refractivity contribution in [3.8, 4) is 17.9 Å². The summed E-state index contributed by atoms with van der Waals surface area (Å²) < 4.78 is 6.85. The Balaban J connectivity index is 2.40. The summed E-state index contributed by atoms with van der Waals surface area (Å²) in [5.74, 6) is 0.635. The fourth-order valence-electron chi connectivity index (χ4n) is 1.78. The van der Waals surface area contributed by atoms with E-state index in [0.717, 1.165) is 5.56 Å². The highest BCUT2D eigenvalue weighted by molar-refractivity contribution is 5.49. The van der Waals surface area contributed by atoms with E-state index < -0.39 is 0 Å². The van der Waals surface area contributed by atoms with Gasteiger partial charge in [0.2, 0.25) is 0 Å². The fraction of sp³-hybridized carbons (Fsp3) is 0.154. The second kappa shape index (κ2) is 5.11. The van der Waals surface area contributed by atoms with Gasteiger partial charge in [-0.15, -0.1) is 0 Å². The van der Waals surface area contributed by atoms with Gasteiger partial charge in [0.25, 0.3) is 0 Å². The van der Waals surface area contributed by atoms with Crippen LogP contribution in [0.15, 0.2) is 24.5 Å². The maximum Gasteiger partial charge on any atom is 0.176 e. The molecule has 1 aromatic carbocycles. The number of anilines is 1. The van der Waals surface area contributed by atoms with Gasteiger partial charge in [0.05, 0.1) is 20.0 Å². The third-order valence-corrected chi connectivity index (χ3v) is 2.70. The van der Waals surface area contributed by atoms with E-state index in [1.54, 1.807) is 23.8 Å². The zero-order valence-electron chi connectivity index (χ0n) is 10.3. The molecular formula is C13H11N5O. The number of methoxy groups -OCH3 is 1. The molecule has 0 spiro atoms. The van der Waals surface area contributed by atoms with Crippen molar-refractivity contribution < 1.29 is 4.74 Å². The number of ether oxygens (including phenoxy) is 1. The highest BCUT2D eigenvalue weighted by Gasteiger charge is 2.12. The van der Waals surface area contributed by atoms with Crippen molar-refractivity contribution in [1.29, 1.82) is 10.5 Å². The van der Waals surface area contributed by atoms with Crippen LogP contribution in [-0.2, 0) is 6.54 Å². The Morgan fingerprint density at radius 2 is 2.16 bits per heavy atom. The maximum absolute atomic E-state index is 9.05. The van der Waals surface area contributed by atoms with Gasteiger partial charge in [-0.05, 0) is 6.07 Å². The van der Waals surface area contributed by atoms with Crippen molar-refractivity contribution in [2.45, 2.75) is 6.54 Å². The molecule has 94 valence electrons. The van der Waals surface area contributed by atoms with Gasteiger partial charge in [-0.25, -0.2) is 4.98 Å². The van der Waals surface area contributed by atoms with Crippen LogP contribution in [0.2, 0.25) is 0 Å². The number of nitrogens with zero attached hydrogens (tertiary/aromatic N) is 4. The van der Waals surface area contributed by atoms with Gasteiger partial charge >= 0.3 is 0 Å². The normalized spacial score (nSPS) is 9.63. The molecule has 0 amide bonds. The SMILES string of the molecule is COc1cc(N)ccc1Cn1cnc(C#N)c1C#N. The number of nitrogen functional groups attached to an aromatic ring is 1. The van der Waals surface area contributed by atoms with Gasteiger partial charge in [-0.2, -0.15) is 10.5 Å². The molecule has 1 aromatic heterocycles. The van der Waals surface area contributed by atoms with E-state index in [0.29, 0.717) is 18.0 Å². The van der Waals surface area contributed by atoms with Gasteiger partial charge in [-0.1, -0.05) is 6.07 Å². The number of benzene rings is 1. The Kier molecular flexibility index (Phi) is 3.35. The molecule has 0 saturated carbocycles. The van der Waals surface area contributed by atoms with Crippen molar-refractivity contribution in [3.05, 3.63) is 41.5 Å². The highest BCUT2D eigenvalue weighted by Crippen LogP contribution is 2.23. The minimum atomic E-state index is 0.122. The molecule has 0 radical (unpaired) electrons. The Morgan fingerprint density at radius 3 is 2.79 bits per heavy atom. The van der Waals surface area contributed by atoms with Crippen LogP contribution in [0.5, 0.6) is 5.75 Å². The molecule has 19 heavy (non-hydrogen) atoms. The molecule has 1 heterocycles. The summed E-state index contributed by atoms with van der Waals surface area (Å²) in [6.45, 7) is 0.390. The molecule has 2 N–H and O–H groups in total. The number of nitriles is 2. The molecule has 2 aromatic rings. The van der Waals surface area contributed by atoms with Crippen molar-refractivity contribution in [3.63, 3.8) is 0 Å². The second-order valence-corrected chi connectivity index (χ2v) is 3.86. The average Bonchev–Trinajstić information content (AvgIpc) is 2.82. The summed E-state index contributed by atoms with van der Waals surface area (Å²) in [5, 5.41) is 17.9. The summed E-state index contributed by atoms with van der Waals surface area (Å²) in [7, 11) is 1.55. The van der Waals surface area contributed by atoms with E-state index in [1.165, 1.54) is 6.33 Å². The molecule has 0 atom stereocenters. The van der Waals surface area contributed by atoms with Crippen LogP contribution in [0, 0.1) is 22.7 Å². The molecule has 2 rings (SSSR count). The standard InChI is InChI=1S/C13H11N5O/c1-19-13-4-10(16)3-2-9(13)7-18-8-17-11(5-14)12(18)6-15/h2-4,8H,7,16H2,1H3. The molecule has 0 aliphatic rings. The first kappa shape index (κ1) is 12.5. The smallest absolute Gasteiger partial charge is 0.176 e. The van der Waals surface area contributed by atoms with Crippen molar-refractivity contribution in [1.82, 2.24) is 9.55 Å². The number of aromatic nitrogens is 2. The Bertz CT molecular complexity index is 690. The van der Waals surface area contributed by atoms with E-state index in [9.17, 15) is 0 Å². The van der Waals surface area contributed by atoms with Crippen LogP contribution in [0.3, 0.4) is 0 Å². The van der Waals surface area contributed by atoms with E-state index >= 15 is 0 Å². The summed E-state index contributed by atoms with van der Waals surface area (Å²) in [5.41, 5.74) is 7.50. The summed E-state index contributed by atoms with van der Waals surface area (Å²) in [6.07, 6.45) is 1.47. The molecular weight excluding hydrogens is 242 g/mol. The minimum absolute atomic E-state index is 0.122. The monoisotopic (exact) mass is 253 g/mol. The molecule has 0 aliphatic carbocycles. The summed E-state index contributed by atoms with van der Waals surface area (Å²) >= 11 is 0. The average molecular weight is 253 g/mol. The molecule has 0 unspecified atom stereocenters. The predicted molar refractivity (Wildman–Crippen MR) is 68.2 cm³/mol. The molecule has 0 saturated heterocycles. The van der Waals surface area contributed by atoms with E-state index in [2.05, 4.69) is 4.98 Å². The summed E-state index contributed by atoms with van der Waals surface area (Å²) in [4.78, 5) is 3.89. The van der Waals surface area contributed by atoms with Crippen LogP contribution in [0.4, 0.5) is 5.69 Å². The lowest BCUT2D eigenvalue weighted by Crippen LogP contribution is -2.04. The fourth-order valence-corrected chi connectivity index (χ4v) is 1.78. The number of rotatable bonds is 3. The lowest BCUT2D eigenvalue weighted by atomic mass is 10.1. The lowest BCUT2D eigenvalue weighted by molar-refractivity contribution is 0.408. The first-order chi connectivity index (χ1) is 9.19. The van der Waals surface area contributed by atoms with Gasteiger partial charge < -0.3 is 15.0 Å². The van der Waals surface area contributed by atoms with Crippen LogP contribution in [0.25, 0.3) is 0 Å². The second-order valence-electron chi connectivity index (χ2n) is 3.86. The quantitative estimate of drug-likeness (QED) is 0.830. The first-order valence-electron chi connectivity index (χ1n) is 5.47. The zero-order valence-corrected chi connectivity index (χ0v) is 10.3. The van der Waals surface area contributed by atoms with Crippen LogP contribution in [0.1, 0.15) is 17.0 Å². The van der Waals surface area contributed by atoms with E-state index in [1.807, 2.05) is 18.2 Å². The summed E-state index contributed by atoms with van der Waals surface area (Å²) in [6, 6.07) is 9.15. The minimum Gasteiger partial charge on any atom is -0.496 e. The predicted octanol–water partition coefficient (Wildman–Crippen LogP) is 1.27. The van der Waals surface area contributed by atoms with Crippen molar-refractivity contribution in [2.24, 2.45) is 0 Å². The number of hydrogen-bond donors (Lipinski definition) is 1. The molecule has 6 heteroatoms. The Hall–Kier alpha value is -2.99. The van der Waals surface area contributed by atoms with Crippen LogP contribution in [-0.4, -0.2) is 16.7 Å². The first-order valence-corrected chi connectivity index (χ1v) is 5.47. The largest absolute Gasteiger partial charge is 0.496 e. The van der Waals surface area contributed by atoms with Crippen molar-refractivity contribution >= 4 is 5.69 Å². The molecule has 0 fully saturated rings. The van der Waals surface area contributed by atoms with E-state index in [-0.39, 0.29) is 11.4 Å². The number of nitrogens with two attached hydrogens (primary N) is 1. The maximum atomic E-state index is 9.05. The molecule has 0 bridgehead atoms. The topological polar surface area (TPSA) is 101 Å².